The Morgan fingerprint density at radius 3 is 2.60 bits per heavy atom. The predicted octanol–water partition coefficient (Wildman–Crippen LogP) is 5.36. The minimum Gasteiger partial charge on any atom is -0.331 e. The zero-order valence-corrected chi connectivity index (χ0v) is 15.8. The van der Waals surface area contributed by atoms with Crippen LogP contribution < -0.4 is 10.6 Å². The molecule has 2 aromatic carbocycles. The van der Waals surface area contributed by atoms with E-state index in [1.165, 1.54) is 11.1 Å². The van der Waals surface area contributed by atoms with Gasteiger partial charge in [-0.1, -0.05) is 53.0 Å². The molecule has 0 fully saturated rings. The molecule has 4 nitrogen and oxygen atoms in total. The van der Waals surface area contributed by atoms with Gasteiger partial charge in [-0.3, -0.25) is 4.68 Å². The van der Waals surface area contributed by atoms with Gasteiger partial charge in [-0.15, -0.1) is 0 Å². The van der Waals surface area contributed by atoms with E-state index < -0.39 is 0 Å². The topological polar surface area (TPSA) is 41.9 Å². The SMILES string of the molecule is Cc1ccc(Cn2cc(NC(=S)Nc3ccc(Cl)cc3Cl)cn2)cc1. The van der Waals surface area contributed by atoms with Crippen LogP contribution in [0.2, 0.25) is 10.0 Å². The summed E-state index contributed by atoms with van der Waals surface area (Å²) in [6, 6.07) is 13.6. The molecule has 7 heteroatoms. The first-order chi connectivity index (χ1) is 12.0. The molecule has 25 heavy (non-hydrogen) atoms. The summed E-state index contributed by atoms with van der Waals surface area (Å²) in [5.41, 5.74) is 3.92. The van der Waals surface area contributed by atoms with Gasteiger partial charge in [-0.2, -0.15) is 5.10 Å². The average Bonchev–Trinajstić information content (AvgIpc) is 2.99. The quantitative estimate of drug-likeness (QED) is 0.588. The molecule has 0 saturated heterocycles. The average molecular weight is 391 g/mol. The largest absolute Gasteiger partial charge is 0.331 e. The van der Waals surface area contributed by atoms with E-state index in [1.807, 2.05) is 10.9 Å². The van der Waals surface area contributed by atoms with Gasteiger partial charge in [0.15, 0.2) is 5.11 Å². The van der Waals surface area contributed by atoms with Crippen LogP contribution in [-0.2, 0) is 6.54 Å². The van der Waals surface area contributed by atoms with E-state index in [-0.39, 0.29) is 0 Å². The molecule has 1 heterocycles. The van der Waals surface area contributed by atoms with Gasteiger partial charge in [0.2, 0.25) is 0 Å². The molecule has 1 aromatic heterocycles. The highest BCUT2D eigenvalue weighted by Gasteiger charge is 2.06. The molecule has 0 aliphatic heterocycles. The molecule has 0 aliphatic rings. The van der Waals surface area contributed by atoms with Crippen LogP contribution >= 0.6 is 35.4 Å². The van der Waals surface area contributed by atoms with Crippen molar-refractivity contribution in [1.82, 2.24) is 9.78 Å². The Kier molecular flexibility index (Phi) is 5.58. The summed E-state index contributed by atoms with van der Waals surface area (Å²) < 4.78 is 1.85. The summed E-state index contributed by atoms with van der Waals surface area (Å²) in [6.07, 6.45) is 3.63. The number of thiocarbonyl (C=S) groups is 1. The lowest BCUT2D eigenvalue weighted by Gasteiger charge is -2.10. The third-order valence-electron chi connectivity index (χ3n) is 3.54. The van der Waals surface area contributed by atoms with Crippen molar-refractivity contribution in [2.24, 2.45) is 0 Å². The van der Waals surface area contributed by atoms with Crippen molar-refractivity contribution in [2.75, 3.05) is 10.6 Å². The van der Waals surface area contributed by atoms with E-state index in [9.17, 15) is 0 Å². The van der Waals surface area contributed by atoms with Crippen LogP contribution in [0.1, 0.15) is 11.1 Å². The standard InChI is InChI=1S/C18H16Cl2N4S/c1-12-2-4-13(5-3-12)10-24-11-15(9-21-24)22-18(25)23-17-7-6-14(19)8-16(17)20/h2-9,11H,10H2,1H3,(H2,22,23,25). The van der Waals surface area contributed by atoms with Crippen LogP contribution in [0.15, 0.2) is 54.9 Å². The molecule has 0 radical (unpaired) electrons. The van der Waals surface area contributed by atoms with Gasteiger partial charge in [0, 0.05) is 11.2 Å². The van der Waals surface area contributed by atoms with E-state index in [1.54, 1.807) is 24.4 Å². The molecule has 0 spiro atoms. The second-order valence-electron chi connectivity index (χ2n) is 5.62. The third kappa shape index (κ3) is 4.95. The van der Waals surface area contributed by atoms with Crippen LogP contribution in [0.5, 0.6) is 0 Å². The van der Waals surface area contributed by atoms with Crippen molar-refractivity contribution >= 4 is 51.9 Å². The van der Waals surface area contributed by atoms with E-state index in [4.69, 9.17) is 35.4 Å². The number of halogens is 2. The van der Waals surface area contributed by atoms with Gasteiger partial charge in [0.25, 0.3) is 0 Å². The van der Waals surface area contributed by atoms with E-state index in [0.717, 1.165) is 5.69 Å². The van der Waals surface area contributed by atoms with Crippen molar-refractivity contribution in [1.29, 1.82) is 0 Å². The maximum atomic E-state index is 6.13. The van der Waals surface area contributed by atoms with Gasteiger partial charge in [0.1, 0.15) is 0 Å². The number of aryl methyl sites for hydroxylation is 1. The number of nitrogens with one attached hydrogen (secondary N) is 2. The Morgan fingerprint density at radius 1 is 1.12 bits per heavy atom. The second kappa shape index (κ2) is 7.87. The Hall–Kier alpha value is -2.08. The number of rotatable bonds is 4. The molecular weight excluding hydrogens is 375 g/mol. The van der Waals surface area contributed by atoms with Crippen LogP contribution in [-0.4, -0.2) is 14.9 Å². The van der Waals surface area contributed by atoms with Crippen LogP contribution in [0.4, 0.5) is 11.4 Å². The summed E-state index contributed by atoms with van der Waals surface area (Å²) in [7, 11) is 0. The van der Waals surface area contributed by atoms with E-state index in [0.29, 0.717) is 27.4 Å². The highest BCUT2D eigenvalue weighted by atomic mass is 35.5. The van der Waals surface area contributed by atoms with E-state index >= 15 is 0 Å². The first-order valence-electron chi connectivity index (χ1n) is 7.61. The molecule has 2 N–H and O–H groups in total. The van der Waals surface area contributed by atoms with Crippen molar-refractivity contribution < 1.29 is 0 Å². The molecule has 3 aromatic rings. The van der Waals surface area contributed by atoms with Crippen LogP contribution in [0, 0.1) is 6.92 Å². The molecule has 3 rings (SSSR count). The highest BCUT2D eigenvalue weighted by molar-refractivity contribution is 7.80. The lowest BCUT2D eigenvalue weighted by Crippen LogP contribution is -2.19. The molecule has 0 unspecified atom stereocenters. The maximum absolute atomic E-state index is 6.13. The zero-order valence-electron chi connectivity index (χ0n) is 13.5. The first kappa shape index (κ1) is 17.7. The Bertz CT molecular complexity index is 890. The minimum atomic E-state index is 0.430. The molecule has 0 saturated carbocycles. The normalized spacial score (nSPS) is 10.5. The molecular formula is C18H16Cl2N4S. The molecule has 0 atom stereocenters. The van der Waals surface area contributed by atoms with Crippen molar-refractivity contribution in [3.05, 3.63) is 76.0 Å². The number of benzene rings is 2. The number of hydrogen-bond acceptors (Lipinski definition) is 2. The number of hydrogen-bond donors (Lipinski definition) is 2. The second-order valence-corrected chi connectivity index (χ2v) is 6.87. The van der Waals surface area contributed by atoms with Crippen molar-refractivity contribution in [3.8, 4) is 0 Å². The third-order valence-corrected chi connectivity index (χ3v) is 4.29. The number of nitrogens with zero attached hydrogens (tertiary/aromatic N) is 2. The Morgan fingerprint density at radius 2 is 1.88 bits per heavy atom. The smallest absolute Gasteiger partial charge is 0.175 e. The van der Waals surface area contributed by atoms with E-state index in [2.05, 4.69) is 46.9 Å². The summed E-state index contributed by atoms with van der Waals surface area (Å²) in [6.45, 7) is 2.77. The van der Waals surface area contributed by atoms with Gasteiger partial charge in [-0.05, 0) is 42.9 Å². The zero-order chi connectivity index (χ0) is 17.8. The Labute approximate surface area is 161 Å². The fraction of sp³-hybridized carbons (Fsp3) is 0.111. The van der Waals surface area contributed by atoms with Crippen molar-refractivity contribution in [3.63, 3.8) is 0 Å². The fourth-order valence-corrected chi connectivity index (χ4v) is 2.95. The maximum Gasteiger partial charge on any atom is 0.175 e. The Balaban J connectivity index is 1.60. The first-order valence-corrected chi connectivity index (χ1v) is 8.77. The number of anilines is 2. The summed E-state index contributed by atoms with van der Waals surface area (Å²) in [5.74, 6) is 0. The monoisotopic (exact) mass is 390 g/mol. The lowest BCUT2D eigenvalue weighted by atomic mass is 10.1. The summed E-state index contributed by atoms with van der Waals surface area (Å²) >= 11 is 17.3. The van der Waals surface area contributed by atoms with Gasteiger partial charge in [0.05, 0.1) is 29.1 Å². The molecule has 0 amide bonds. The van der Waals surface area contributed by atoms with Crippen molar-refractivity contribution in [2.45, 2.75) is 13.5 Å². The predicted molar refractivity (Wildman–Crippen MR) is 109 cm³/mol. The van der Waals surface area contributed by atoms with Crippen LogP contribution in [0.25, 0.3) is 0 Å². The minimum absolute atomic E-state index is 0.430. The summed E-state index contributed by atoms with van der Waals surface area (Å²) in [4.78, 5) is 0. The lowest BCUT2D eigenvalue weighted by molar-refractivity contribution is 0.687. The van der Waals surface area contributed by atoms with Gasteiger partial charge in [-0.25, -0.2) is 0 Å². The molecule has 128 valence electrons. The van der Waals surface area contributed by atoms with Crippen LogP contribution in [0.3, 0.4) is 0 Å². The molecule has 0 aliphatic carbocycles. The van der Waals surface area contributed by atoms with Gasteiger partial charge >= 0.3 is 0 Å². The molecule has 0 bridgehead atoms. The number of aromatic nitrogens is 2. The highest BCUT2D eigenvalue weighted by Crippen LogP contribution is 2.25. The summed E-state index contributed by atoms with van der Waals surface area (Å²) in [5, 5.41) is 12.0. The van der Waals surface area contributed by atoms with Gasteiger partial charge < -0.3 is 10.6 Å². The fourth-order valence-electron chi connectivity index (χ4n) is 2.27.